The summed E-state index contributed by atoms with van der Waals surface area (Å²) in [4.78, 5) is 0. The standard InChI is InChI=1S/C13H19Cl2NO/c1-9(2)16-8-13(3,17)7-10-11(14)5-4-6-12(10)15/h4-6,9,16-17H,7-8H2,1-3H3. The molecule has 0 saturated carbocycles. The summed E-state index contributed by atoms with van der Waals surface area (Å²) in [7, 11) is 0. The van der Waals surface area contributed by atoms with Crippen LogP contribution in [0.4, 0.5) is 0 Å². The summed E-state index contributed by atoms with van der Waals surface area (Å²) >= 11 is 12.2. The Hall–Kier alpha value is -0.280. The van der Waals surface area contributed by atoms with Crippen LogP contribution in [0.3, 0.4) is 0 Å². The molecule has 0 heterocycles. The van der Waals surface area contributed by atoms with Crippen molar-refractivity contribution in [3.63, 3.8) is 0 Å². The van der Waals surface area contributed by atoms with Crippen molar-refractivity contribution < 1.29 is 5.11 Å². The first-order valence-corrected chi connectivity index (χ1v) is 6.46. The Balaban J connectivity index is 2.75. The van der Waals surface area contributed by atoms with E-state index in [2.05, 4.69) is 5.32 Å². The highest BCUT2D eigenvalue weighted by molar-refractivity contribution is 6.36. The maximum Gasteiger partial charge on any atom is 0.0784 e. The SMILES string of the molecule is CC(C)NCC(C)(O)Cc1c(Cl)cccc1Cl. The Morgan fingerprint density at radius 1 is 1.29 bits per heavy atom. The number of aliphatic hydroxyl groups is 1. The molecule has 1 aromatic rings. The molecular weight excluding hydrogens is 257 g/mol. The van der Waals surface area contributed by atoms with E-state index in [0.29, 0.717) is 29.1 Å². The molecule has 2 nitrogen and oxygen atoms in total. The van der Waals surface area contributed by atoms with Gasteiger partial charge in [-0.15, -0.1) is 0 Å². The van der Waals surface area contributed by atoms with E-state index in [0.717, 1.165) is 5.56 Å². The first kappa shape index (κ1) is 14.8. The molecule has 17 heavy (non-hydrogen) atoms. The fraction of sp³-hybridized carbons (Fsp3) is 0.538. The van der Waals surface area contributed by atoms with Gasteiger partial charge in [-0.3, -0.25) is 0 Å². The number of hydrogen-bond donors (Lipinski definition) is 2. The van der Waals surface area contributed by atoms with Gasteiger partial charge in [-0.25, -0.2) is 0 Å². The van der Waals surface area contributed by atoms with Gasteiger partial charge < -0.3 is 10.4 Å². The monoisotopic (exact) mass is 275 g/mol. The summed E-state index contributed by atoms with van der Waals surface area (Å²) < 4.78 is 0. The zero-order valence-electron chi connectivity index (χ0n) is 10.4. The molecule has 0 aliphatic rings. The van der Waals surface area contributed by atoms with Gasteiger partial charge in [0, 0.05) is 29.1 Å². The molecule has 0 fully saturated rings. The second kappa shape index (κ2) is 6.05. The molecule has 0 spiro atoms. The predicted octanol–water partition coefficient (Wildman–Crippen LogP) is 3.28. The maximum absolute atomic E-state index is 10.3. The van der Waals surface area contributed by atoms with Gasteiger partial charge in [0.05, 0.1) is 5.60 Å². The van der Waals surface area contributed by atoms with Crippen LogP contribution in [0.1, 0.15) is 26.3 Å². The Bertz CT molecular complexity index is 357. The van der Waals surface area contributed by atoms with Gasteiger partial charge in [0.2, 0.25) is 0 Å². The lowest BCUT2D eigenvalue weighted by atomic mass is 9.96. The highest BCUT2D eigenvalue weighted by Gasteiger charge is 2.23. The number of rotatable bonds is 5. The van der Waals surface area contributed by atoms with Gasteiger partial charge in [0.15, 0.2) is 0 Å². The average molecular weight is 276 g/mol. The maximum atomic E-state index is 10.3. The van der Waals surface area contributed by atoms with Crippen LogP contribution in [0.2, 0.25) is 10.0 Å². The van der Waals surface area contributed by atoms with E-state index in [1.54, 1.807) is 25.1 Å². The summed E-state index contributed by atoms with van der Waals surface area (Å²) in [6.45, 7) is 6.37. The van der Waals surface area contributed by atoms with Crippen LogP contribution < -0.4 is 5.32 Å². The number of benzene rings is 1. The van der Waals surface area contributed by atoms with E-state index < -0.39 is 5.60 Å². The van der Waals surface area contributed by atoms with Gasteiger partial charge >= 0.3 is 0 Å². The second-order valence-electron chi connectivity index (χ2n) is 4.91. The third-order valence-corrected chi connectivity index (χ3v) is 3.22. The normalized spacial score (nSPS) is 15.0. The molecular formula is C13H19Cl2NO. The summed E-state index contributed by atoms with van der Waals surface area (Å²) in [5.41, 5.74) is -0.0646. The van der Waals surface area contributed by atoms with E-state index >= 15 is 0 Å². The molecule has 1 unspecified atom stereocenters. The molecule has 0 aliphatic carbocycles. The smallest absolute Gasteiger partial charge is 0.0784 e. The minimum atomic E-state index is -0.862. The van der Waals surface area contributed by atoms with E-state index in [1.807, 2.05) is 13.8 Å². The topological polar surface area (TPSA) is 32.3 Å². The van der Waals surface area contributed by atoms with Crippen LogP contribution in [0.25, 0.3) is 0 Å². The molecule has 1 aromatic carbocycles. The summed E-state index contributed by atoms with van der Waals surface area (Å²) in [5, 5.41) is 14.7. The van der Waals surface area contributed by atoms with Crippen molar-refractivity contribution in [2.45, 2.75) is 38.8 Å². The lowest BCUT2D eigenvalue weighted by molar-refractivity contribution is 0.0582. The Morgan fingerprint density at radius 2 is 1.82 bits per heavy atom. The molecule has 0 bridgehead atoms. The Labute approximate surface area is 113 Å². The quantitative estimate of drug-likeness (QED) is 0.865. The lowest BCUT2D eigenvalue weighted by Gasteiger charge is -2.26. The number of nitrogens with one attached hydrogen (secondary N) is 1. The largest absolute Gasteiger partial charge is 0.389 e. The van der Waals surface area contributed by atoms with Crippen molar-refractivity contribution in [1.29, 1.82) is 0 Å². The third kappa shape index (κ3) is 4.84. The molecule has 0 radical (unpaired) electrons. The minimum Gasteiger partial charge on any atom is -0.389 e. The van der Waals surface area contributed by atoms with Crippen LogP contribution in [0.5, 0.6) is 0 Å². The molecule has 1 rings (SSSR count). The van der Waals surface area contributed by atoms with Gasteiger partial charge in [0.25, 0.3) is 0 Å². The number of hydrogen-bond acceptors (Lipinski definition) is 2. The van der Waals surface area contributed by atoms with Gasteiger partial charge in [-0.05, 0) is 24.6 Å². The lowest BCUT2D eigenvalue weighted by Crippen LogP contribution is -2.42. The van der Waals surface area contributed by atoms with Gasteiger partial charge in [-0.2, -0.15) is 0 Å². The minimum absolute atomic E-state index is 0.336. The van der Waals surface area contributed by atoms with E-state index in [-0.39, 0.29) is 0 Å². The first-order chi connectivity index (χ1) is 7.82. The second-order valence-corrected chi connectivity index (χ2v) is 5.72. The molecule has 0 aromatic heterocycles. The highest BCUT2D eigenvalue weighted by atomic mass is 35.5. The van der Waals surface area contributed by atoms with E-state index in [9.17, 15) is 5.11 Å². The Morgan fingerprint density at radius 3 is 2.29 bits per heavy atom. The van der Waals surface area contributed by atoms with Crippen molar-refractivity contribution in [2.24, 2.45) is 0 Å². The summed E-state index contributed by atoms with van der Waals surface area (Å²) in [6, 6.07) is 5.71. The predicted molar refractivity (Wildman–Crippen MR) is 73.9 cm³/mol. The van der Waals surface area contributed by atoms with E-state index in [4.69, 9.17) is 23.2 Å². The summed E-state index contributed by atoms with van der Waals surface area (Å²) in [6.07, 6.45) is 0.436. The van der Waals surface area contributed by atoms with Crippen molar-refractivity contribution >= 4 is 23.2 Å². The molecule has 0 aliphatic heterocycles. The van der Waals surface area contributed by atoms with Crippen molar-refractivity contribution in [3.8, 4) is 0 Å². The first-order valence-electron chi connectivity index (χ1n) is 5.70. The fourth-order valence-corrected chi connectivity index (χ4v) is 2.10. The summed E-state index contributed by atoms with van der Waals surface area (Å²) in [5.74, 6) is 0. The molecule has 2 N–H and O–H groups in total. The molecule has 1 atom stereocenters. The molecule has 4 heteroatoms. The zero-order valence-corrected chi connectivity index (χ0v) is 11.9. The third-order valence-electron chi connectivity index (χ3n) is 2.51. The Kier molecular flexibility index (Phi) is 5.26. The molecule has 0 amide bonds. The fourth-order valence-electron chi connectivity index (χ4n) is 1.57. The highest BCUT2D eigenvalue weighted by Crippen LogP contribution is 2.27. The van der Waals surface area contributed by atoms with Crippen LogP contribution in [-0.2, 0) is 6.42 Å². The van der Waals surface area contributed by atoms with Crippen LogP contribution >= 0.6 is 23.2 Å². The van der Waals surface area contributed by atoms with Crippen LogP contribution in [-0.4, -0.2) is 23.3 Å². The van der Waals surface area contributed by atoms with Gasteiger partial charge in [0.1, 0.15) is 0 Å². The van der Waals surface area contributed by atoms with Crippen molar-refractivity contribution in [1.82, 2.24) is 5.32 Å². The molecule has 0 saturated heterocycles. The van der Waals surface area contributed by atoms with Crippen molar-refractivity contribution in [3.05, 3.63) is 33.8 Å². The van der Waals surface area contributed by atoms with Crippen LogP contribution in [0, 0.1) is 0 Å². The average Bonchev–Trinajstić information content (AvgIpc) is 2.21. The van der Waals surface area contributed by atoms with Crippen molar-refractivity contribution in [2.75, 3.05) is 6.54 Å². The van der Waals surface area contributed by atoms with Gasteiger partial charge in [-0.1, -0.05) is 43.1 Å². The zero-order chi connectivity index (χ0) is 13.1. The number of halogens is 2. The van der Waals surface area contributed by atoms with E-state index in [1.165, 1.54) is 0 Å². The molecule has 96 valence electrons. The van der Waals surface area contributed by atoms with Crippen LogP contribution in [0.15, 0.2) is 18.2 Å².